The number of hydrogen-bond acceptors (Lipinski definition) is 2. The van der Waals surface area contributed by atoms with Crippen LogP contribution in [0, 0.1) is 0 Å². The highest BCUT2D eigenvalue weighted by molar-refractivity contribution is 6.31. The number of benzene rings is 1. The number of halogens is 2. The average Bonchev–Trinajstić information content (AvgIpc) is 2.26. The van der Waals surface area contributed by atoms with Gasteiger partial charge in [0.25, 0.3) is 0 Å². The SMILES string of the molecule is Clc1cnc2cc3ccc(Cl)nc3cc2c1. The summed E-state index contributed by atoms with van der Waals surface area (Å²) in [6.07, 6.45) is 1.64. The maximum absolute atomic E-state index is 5.89. The molecule has 3 rings (SSSR count). The summed E-state index contributed by atoms with van der Waals surface area (Å²) >= 11 is 11.7. The Morgan fingerprint density at radius 3 is 2.56 bits per heavy atom. The Labute approximate surface area is 102 Å². The third kappa shape index (κ3) is 1.60. The van der Waals surface area contributed by atoms with Gasteiger partial charge in [-0.2, -0.15) is 0 Å². The molecular formula is C12H6Cl2N2. The summed E-state index contributed by atoms with van der Waals surface area (Å²) in [6.45, 7) is 0. The zero-order valence-electron chi connectivity index (χ0n) is 8.11. The second kappa shape index (κ2) is 3.58. The van der Waals surface area contributed by atoms with E-state index in [1.54, 1.807) is 12.3 Å². The van der Waals surface area contributed by atoms with Gasteiger partial charge in [-0.25, -0.2) is 4.98 Å². The minimum Gasteiger partial charge on any atom is -0.255 e. The molecule has 2 heterocycles. The summed E-state index contributed by atoms with van der Waals surface area (Å²) in [4.78, 5) is 8.51. The van der Waals surface area contributed by atoms with E-state index in [1.807, 2.05) is 24.3 Å². The lowest BCUT2D eigenvalue weighted by Gasteiger charge is -2.01. The van der Waals surface area contributed by atoms with Crippen molar-refractivity contribution in [2.24, 2.45) is 0 Å². The Morgan fingerprint density at radius 1 is 0.875 bits per heavy atom. The third-order valence-corrected chi connectivity index (χ3v) is 2.84. The van der Waals surface area contributed by atoms with Gasteiger partial charge in [-0.3, -0.25) is 4.98 Å². The van der Waals surface area contributed by atoms with E-state index in [2.05, 4.69) is 9.97 Å². The van der Waals surface area contributed by atoms with E-state index in [-0.39, 0.29) is 0 Å². The van der Waals surface area contributed by atoms with Gasteiger partial charge in [0.2, 0.25) is 0 Å². The predicted molar refractivity (Wildman–Crippen MR) is 67.1 cm³/mol. The van der Waals surface area contributed by atoms with E-state index in [4.69, 9.17) is 23.2 Å². The maximum Gasteiger partial charge on any atom is 0.129 e. The van der Waals surface area contributed by atoms with Crippen LogP contribution in [0.15, 0.2) is 36.5 Å². The Bertz CT molecular complexity index is 638. The van der Waals surface area contributed by atoms with Gasteiger partial charge in [-0.05, 0) is 30.3 Å². The molecule has 0 fully saturated rings. The molecule has 2 aromatic heterocycles. The Kier molecular flexibility index (Phi) is 2.20. The van der Waals surface area contributed by atoms with Crippen molar-refractivity contribution in [3.63, 3.8) is 0 Å². The van der Waals surface area contributed by atoms with Crippen molar-refractivity contribution in [1.29, 1.82) is 0 Å². The fourth-order valence-corrected chi connectivity index (χ4v) is 2.02. The first kappa shape index (κ1) is 9.82. The lowest BCUT2D eigenvalue weighted by molar-refractivity contribution is 1.39. The van der Waals surface area contributed by atoms with E-state index in [1.165, 1.54) is 0 Å². The van der Waals surface area contributed by atoms with E-state index in [0.29, 0.717) is 10.2 Å². The van der Waals surface area contributed by atoms with Gasteiger partial charge in [0.15, 0.2) is 0 Å². The lowest BCUT2D eigenvalue weighted by Crippen LogP contribution is -1.83. The van der Waals surface area contributed by atoms with E-state index >= 15 is 0 Å². The van der Waals surface area contributed by atoms with Crippen LogP contribution < -0.4 is 0 Å². The summed E-state index contributed by atoms with van der Waals surface area (Å²) in [5.74, 6) is 0. The van der Waals surface area contributed by atoms with Crippen LogP contribution in [0.3, 0.4) is 0 Å². The third-order valence-electron chi connectivity index (χ3n) is 2.42. The molecule has 4 heteroatoms. The van der Waals surface area contributed by atoms with Gasteiger partial charge < -0.3 is 0 Å². The van der Waals surface area contributed by atoms with Crippen molar-refractivity contribution in [2.45, 2.75) is 0 Å². The predicted octanol–water partition coefficient (Wildman–Crippen LogP) is 4.09. The first-order chi connectivity index (χ1) is 7.72. The van der Waals surface area contributed by atoms with E-state index < -0.39 is 0 Å². The maximum atomic E-state index is 5.89. The molecule has 0 saturated carbocycles. The number of rotatable bonds is 0. The molecule has 0 amide bonds. The Morgan fingerprint density at radius 2 is 1.69 bits per heavy atom. The molecule has 1 aromatic carbocycles. The topological polar surface area (TPSA) is 25.8 Å². The minimum atomic E-state index is 0.488. The molecule has 78 valence electrons. The number of aromatic nitrogens is 2. The standard InChI is InChI=1S/C12H6Cl2N2/c13-9-3-8-5-11-7(1-2-12(14)16-11)4-10(8)15-6-9/h1-6H. The van der Waals surface area contributed by atoms with Crippen LogP contribution in [0.25, 0.3) is 21.8 Å². The lowest BCUT2D eigenvalue weighted by atomic mass is 10.1. The highest BCUT2D eigenvalue weighted by Crippen LogP contribution is 2.23. The number of hydrogen-bond donors (Lipinski definition) is 0. The molecular weight excluding hydrogens is 243 g/mol. The molecule has 0 saturated heterocycles. The first-order valence-corrected chi connectivity index (χ1v) is 5.49. The van der Waals surface area contributed by atoms with Gasteiger partial charge in [-0.15, -0.1) is 0 Å². The molecule has 16 heavy (non-hydrogen) atoms. The van der Waals surface area contributed by atoms with Crippen molar-refractivity contribution in [2.75, 3.05) is 0 Å². The molecule has 0 aliphatic heterocycles. The molecule has 0 N–H and O–H groups in total. The summed E-state index contributed by atoms with van der Waals surface area (Å²) in [6, 6.07) is 9.48. The first-order valence-electron chi connectivity index (χ1n) is 4.74. The monoisotopic (exact) mass is 248 g/mol. The molecule has 0 aliphatic rings. The van der Waals surface area contributed by atoms with Gasteiger partial charge >= 0.3 is 0 Å². The Balaban J connectivity index is 2.44. The van der Waals surface area contributed by atoms with Crippen LogP contribution in [0.2, 0.25) is 10.2 Å². The van der Waals surface area contributed by atoms with Crippen LogP contribution in [-0.4, -0.2) is 9.97 Å². The highest BCUT2D eigenvalue weighted by Gasteiger charge is 2.01. The number of fused-ring (bicyclic) bond motifs is 2. The molecule has 0 radical (unpaired) electrons. The van der Waals surface area contributed by atoms with Crippen molar-refractivity contribution < 1.29 is 0 Å². The molecule has 2 nitrogen and oxygen atoms in total. The van der Waals surface area contributed by atoms with Gasteiger partial charge in [0.05, 0.1) is 16.1 Å². The van der Waals surface area contributed by atoms with Crippen LogP contribution in [0.4, 0.5) is 0 Å². The molecule has 0 bridgehead atoms. The molecule has 0 atom stereocenters. The zero-order chi connectivity index (χ0) is 11.1. The summed E-state index contributed by atoms with van der Waals surface area (Å²) in [5, 5.41) is 3.09. The number of nitrogens with zero attached hydrogens (tertiary/aromatic N) is 2. The normalized spacial score (nSPS) is 11.1. The quantitative estimate of drug-likeness (QED) is 0.443. The average molecular weight is 249 g/mol. The fourth-order valence-electron chi connectivity index (χ4n) is 1.69. The smallest absolute Gasteiger partial charge is 0.129 e. The molecule has 3 aromatic rings. The zero-order valence-corrected chi connectivity index (χ0v) is 9.63. The second-order valence-electron chi connectivity index (χ2n) is 3.53. The van der Waals surface area contributed by atoms with Gasteiger partial charge in [0.1, 0.15) is 5.15 Å². The van der Waals surface area contributed by atoms with Crippen molar-refractivity contribution in [3.05, 3.63) is 46.7 Å². The van der Waals surface area contributed by atoms with Crippen molar-refractivity contribution in [3.8, 4) is 0 Å². The summed E-state index contributed by atoms with van der Waals surface area (Å²) < 4.78 is 0. The second-order valence-corrected chi connectivity index (χ2v) is 4.35. The van der Waals surface area contributed by atoms with Crippen LogP contribution in [0.5, 0.6) is 0 Å². The number of pyridine rings is 2. The molecule has 0 aliphatic carbocycles. The largest absolute Gasteiger partial charge is 0.255 e. The summed E-state index contributed by atoms with van der Waals surface area (Å²) in [5.41, 5.74) is 1.75. The van der Waals surface area contributed by atoms with E-state index in [9.17, 15) is 0 Å². The highest BCUT2D eigenvalue weighted by atomic mass is 35.5. The van der Waals surface area contributed by atoms with Gasteiger partial charge in [0, 0.05) is 17.0 Å². The van der Waals surface area contributed by atoms with Crippen LogP contribution >= 0.6 is 23.2 Å². The summed E-state index contributed by atoms with van der Waals surface area (Å²) in [7, 11) is 0. The van der Waals surface area contributed by atoms with Gasteiger partial charge in [-0.1, -0.05) is 23.2 Å². The minimum absolute atomic E-state index is 0.488. The van der Waals surface area contributed by atoms with Crippen LogP contribution in [-0.2, 0) is 0 Å². The Hall–Kier alpha value is -1.38. The van der Waals surface area contributed by atoms with Crippen molar-refractivity contribution >= 4 is 45.0 Å². The molecule has 0 spiro atoms. The fraction of sp³-hybridized carbons (Fsp3) is 0. The van der Waals surface area contributed by atoms with Crippen LogP contribution in [0.1, 0.15) is 0 Å². The van der Waals surface area contributed by atoms with Crippen molar-refractivity contribution in [1.82, 2.24) is 9.97 Å². The van der Waals surface area contributed by atoms with E-state index in [0.717, 1.165) is 21.8 Å². The molecule has 0 unspecified atom stereocenters.